The van der Waals surface area contributed by atoms with Gasteiger partial charge in [0.2, 0.25) is 5.91 Å². The first-order chi connectivity index (χ1) is 7.63. The van der Waals surface area contributed by atoms with Crippen molar-refractivity contribution < 1.29 is 4.79 Å². The Morgan fingerprint density at radius 3 is 2.88 bits per heavy atom. The molecular weight excluding hydrogens is 240 g/mol. The number of hydrogen-bond donors (Lipinski definition) is 1. The van der Waals surface area contributed by atoms with Crippen LogP contribution in [0.25, 0.3) is 0 Å². The van der Waals surface area contributed by atoms with Crippen LogP contribution < -0.4 is 5.73 Å². The van der Waals surface area contributed by atoms with Crippen molar-refractivity contribution in [3.05, 3.63) is 22.4 Å². The largest absolute Gasteiger partial charge is 0.393 e. The van der Waals surface area contributed by atoms with Crippen LogP contribution in [0.15, 0.2) is 17.5 Å². The van der Waals surface area contributed by atoms with Crippen molar-refractivity contribution in [1.82, 2.24) is 4.90 Å². The van der Waals surface area contributed by atoms with Crippen LogP contribution in [0, 0.1) is 0 Å². The smallest absolute Gasteiger partial charge is 0.227 e. The molecule has 0 radical (unpaired) electrons. The lowest BCUT2D eigenvalue weighted by Gasteiger charge is -2.20. The number of rotatable bonds is 6. The van der Waals surface area contributed by atoms with Crippen LogP contribution in [-0.2, 0) is 11.2 Å². The van der Waals surface area contributed by atoms with E-state index in [1.54, 1.807) is 16.2 Å². The molecule has 5 heteroatoms. The van der Waals surface area contributed by atoms with Crippen LogP contribution in [0.3, 0.4) is 0 Å². The van der Waals surface area contributed by atoms with Crippen LogP contribution >= 0.6 is 23.6 Å². The molecule has 0 bridgehead atoms. The minimum Gasteiger partial charge on any atom is -0.393 e. The van der Waals surface area contributed by atoms with Gasteiger partial charge in [-0.15, -0.1) is 11.3 Å². The number of hydrogen-bond acceptors (Lipinski definition) is 3. The average molecular weight is 256 g/mol. The molecular formula is C11H16N2OS2. The van der Waals surface area contributed by atoms with E-state index in [2.05, 4.69) is 0 Å². The molecule has 1 heterocycles. The predicted octanol–water partition coefficient (Wildman–Crippen LogP) is 1.82. The number of thiocarbonyl (C=S) groups is 1. The van der Waals surface area contributed by atoms with Crippen molar-refractivity contribution in [2.45, 2.75) is 19.8 Å². The molecule has 0 atom stereocenters. The van der Waals surface area contributed by atoms with Crippen molar-refractivity contribution in [2.75, 3.05) is 13.1 Å². The van der Waals surface area contributed by atoms with Gasteiger partial charge in [-0.2, -0.15) is 0 Å². The van der Waals surface area contributed by atoms with Gasteiger partial charge >= 0.3 is 0 Å². The summed E-state index contributed by atoms with van der Waals surface area (Å²) in [5.74, 6) is 0.140. The van der Waals surface area contributed by atoms with Gasteiger partial charge in [0.1, 0.15) is 0 Å². The quantitative estimate of drug-likeness (QED) is 0.790. The summed E-state index contributed by atoms with van der Waals surface area (Å²) < 4.78 is 0. The molecule has 1 amide bonds. The van der Waals surface area contributed by atoms with Crippen molar-refractivity contribution in [3.63, 3.8) is 0 Å². The molecule has 0 aliphatic heterocycles. The fraction of sp³-hybridized carbons (Fsp3) is 0.455. The van der Waals surface area contributed by atoms with Crippen LogP contribution in [0.4, 0.5) is 0 Å². The Hall–Kier alpha value is -0.940. The van der Waals surface area contributed by atoms with Crippen LogP contribution in [-0.4, -0.2) is 28.9 Å². The first kappa shape index (κ1) is 13.1. The molecule has 1 aromatic rings. The van der Waals surface area contributed by atoms with E-state index in [0.717, 1.165) is 4.88 Å². The van der Waals surface area contributed by atoms with Crippen LogP contribution in [0.2, 0.25) is 0 Å². The van der Waals surface area contributed by atoms with Crippen molar-refractivity contribution in [3.8, 4) is 0 Å². The molecule has 16 heavy (non-hydrogen) atoms. The SMILES string of the molecule is CCN(CCC(N)=S)C(=O)Cc1cccs1. The summed E-state index contributed by atoms with van der Waals surface area (Å²) in [4.78, 5) is 15.2. The summed E-state index contributed by atoms with van der Waals surface area (Å²) in [6, 6.07) is 3.93. The highest BCUT2D eigenvalue weighted by atomic mass is 32.1. The number of amides is 1. The fourth-order valence-electron chi connectivity index (χ4n) is 1.38. The Morgan fingerprint density at radius 2 is 2.38 bits per heavy atom. The van der Waals surface area contributed by atoms with Crippen LogP contribution in [0.1, 0.15) is 18.2 Å². The maximum atomic E-state index is 11.9. The molecule has 0 fully saturated rings. The Morgan fingerprint density at radius 1 is 1.62 bits per heavy atom. The third kappa shape index (κ3) is 4.28. The van der Waals surface area contributed by atoms with E-state index >= 15 is 0 Å². The molecule has 0 aliphatic carbocycles. The molecule has 1 rings (SSSR count). The van der Waals surface area contributed by atoms with Gasteiger partial charge in [0.15, 0.2) is 0 Å². The van der Waals surface area contributed by atoms with Crippen molar-refractivity contribution in [1.29, 1.82) is 0 Å². The van der Waals surface area contributed by atoms with E-state index in [0.29, 0.717) is 30.9 Å². The molecule has 0 saturated heterocycles. The summed E-state index contributed by atoms with van der Waals surface area (Å²) in [5.41, 5.74) is 5.43. The van der Waals surface area contributed by atoms with E-state index in [1.807, 2.05) is 24.4 Å². The second-order valence-corrected chi connectivity index (χ2v) is 5.00. The van der Waals surface area contributed by atoms with E-state index in [-0.39, 0.29) is 5.91 Å². The minimum atomic E-state index is 0.140. The number of carbonyl (C=O) groups is 1. The number of thiophene rings is 1. The van der Waals surface area contributed by atoms with Crippen molar-refractivity contribution in [2.24, 2.45) is 5.73 Å². The summed E-state index contributed by atoms with van der Waals surface area (Å²) in [7, 11) is 0. The Kier molecular flexibility index (Phi) is 5.42. The van der Waals surface area contributed by atoms with E-state index in [9.17, 15) is 4.79 Å². The highest BCUT2D eigenvalue weighted by Crippen LogP contribution is 2.10. The fourth-order valence-corrected chi connectivity index (χ4v) is 2.17. The molecule has 0 aromatic carbocycles. The van der Waals surface area contributed by atoms with Gasteiger partial charge in [-0.05, 0) is 18.4 Å². The molecule has 1 aromatic heterocycles. The zero-order valence-electron chi connectivity index (χ0n) is 9.31. The Labute approximate surface area is 105 Å². The third-order valence-corrected chi connectivity index (χ3v) is 3.35. The number of carbonyl (C=O) groups excluding carboxylic acids is 1. The Bertz CT molecular complexity index is 349. The monoisotopic (exact) mass is 256 g/mol. The Balaban J connectivity index is 2.46. The van der Waals surface area contributed by atoms with Gasteiger partial charge in [0.25, 0.3) is 0 Å². The molecule has 0 aliphatic rings. The molecule has 3 nitrogen and oxygen atoms in total. The van der Waals surface area contributed by atoms with Crippen LogP contribution in [0.5, 0.6) is 0 Å². The third-order valence-electron chi connectivity index (χ3n) is 2.27. The first-order valence-electron chi connectivity index (χ1n) is 5.22. The molecule has 0 unspecified atom stereocenters. The summed E-state index contributed by atoms with van der Waals surface area (Å²) >= 11 is 6.41. The zero-order chi connectivity index (χ0) is 12.0. The minimum absolute atomic E-state index is 0.140. The lowest BCUT2D eigenvalue weighted by atomic mass is 10.3. The lowest BCUT2D eigenvalue weighted by Crippen LogP contribution is -2.34. The van der Waals surface area contributed by atoms with Gasteiger partial charge < -0.3 is 10.6 Å². The van der Waals surface area contributed by atoms with E-state index < -0.39 is 0 Å². The van der Waals surface area contributed by atoms with Gasteiger partial charge in [0, 0.05) is 24.4 Å². The lowest BCUT2D eigenvalue weighted by molar-refractivity contribution is -0.130. The average Bonchev–Trinajstić information content (AvgIpc) is 2.71. The number of likely N-dealkylation sites (N-methyl/N-ethyl adjacent to an activating group) is 1. The standard InChI is InChI=1S/C11H16N2OS2/c1-2-13(6-5-10(12)15)11(14)8-9-4-3-7-16-9/h3-4,7H,2,5-6,8H2,1H3,(H2,12,15). The normalized spacial score (nSPS) is 10.1. The highest BCUT2D eigenvalue weighted by Gasteiger charge is 2.12. The summed E-state index contributed by atoms with van der Waals surface area (Å²) in [6.45, 7) is 3.29. The maximum Gasteiger partial charge on any atom is 0.227 e. The first-order valence-corrected chi connectivity index (χ1v) is 6.50. The predicted molar refractivity (Wildman–Crippen MR) is 71.7 cm³/mol. The molecule has 2 N–H and O–H groups in total. The number of nitrogens with two attached hydrogens (primary N) is 1. The topological polar surface area (TPSA) is 46.3 Å². The van der Waals surface area contributed by atoms with Gasteiger partial charge in [0.05, 0.1) is 11.4 Å². The summed E-state index contributed by atoms with van der Waals surface area (Å²) in [6.07, 6.45) is 1.07. The maximum absolute atomic E-state index is 11.9. The molecule has 0 saturated carbocycles. The zero-order valence-corrected chi connectivity index (χ0v) is 10.9. The van der Waals surface area contributed by atoms with Crippen molar-refractivity contribution >= 4 is 34.5 Å². The summed E-state index contributed by atoms with van der Waals surface area (Å²) in [5, 5.41) is 1.98. The van der Waals surface area contributed by atoms with Gasteiger partial charge in [-0.3, -0.25) is 4.79 Å². The molecule has 0 spiro atoms. The van der Waals surface area contributed by atoms with E-state index in [4.69, 9.17) is 18.0 Å². The number of nitrogens with zero attached hydrogens (tertiary/aromatic N) is 1. The van der Waals surface area contributed by atoms with Gasteiger partial charge in [-0.25, -0.2) is 0 Å². The molecule has 88 valence electrons. The second-order valence-electron chi connectivity index (χ2n) is 3.45. The highest BCUT2D eigenvalue weighted by molar-refractivity contribution is 7.80. The van der Waals surface area contributed by atoms with E-state index in [1.165, 1.54) is 0 Å². The van der Waals surface area contributed by atoms with Gasteiger partial charge in [-0.1, -0.05) is 18.3 Å². The second kappa shape index (κ2) is 6.60.